The van der Waals surface area contributed by atoms with E-state index < -0.39 is 10.0 Å². The van der Waals surface area contributed by atoms with E-state index in [2.05, 4.69) is 18.2 Å². The van der Waals surface area contributed by atoms with Crippen LogP contribution in [0.2, 0.25) is 0 Å². The second-order valence-corrected chi connectivity index (χ2v) is 11.1. The zero-order chi connectivity index (χ0) is 21.2. The van der Waals surface area contributed by atoms with Crippen molar-refractivity contribution in [3.05, 3.63) is 59.7 Å². The van der Waals surface area contributed by atoms with Crippen LogP contribution in [-0.2, 0) is 26.7 Å². The molecule has 4 rings (SSSR count). The van der Waals surface area contributed by atoms with Crippen molar-refractivity contribution in [1.29, 1.82) is 0 Å². The maximum absolute atomic E-state index is 13.5. The second kappa shape index (κ2) is 8.95. The van der Waals surface area contributed by atoms with Crippen molar-refractivity contribution in [2.24, 2.45) is 5.92 Å². The molecule has 1 unspecified atom stereocenters. The summed E-state index contributed by atoms with van der Waals surface area (Å²) in [6, 6.07) is 8.18. The Balaban J connectivity index is 1.52. The monoisotopic (exact) mass is 431 g/mol. The fourth-order valence-electron chi connectivity index (χ4n) is 5.12. The van der Waals surface area contributed by atoms with Crippen LogP contribution in [0.5, 0.6) is 0 Å². The van der Waals surface area contributed by atoms with Crippen molar-refractivity contribution >= 4 is 10.0 Å². The summed E-state index contributed by atoms with van der Waals surface area (Å²) in [5.41, 5.74) is 1.87. The Morgan fingerprint density at radius 1 is 1.13 bits per heavy atom. The predicted molar refractivity (Wildman–Crippen MR) is 119 cm³/mol. The van der Waals surface area contributed by atoms with Gasteiger partial charge < -0.3 is 9.84 Å². The molecule has 2 aliphatic heterocycles. The smallest absolute Gasteiger partial charge is 0.218 e. The minimum Gasteiger partial charge on any atom is -0.395 e. The molecular weight excluding hydrogens is 398 g/mol. The number of benzene rings is 1. The first-order chi connectivity index (χ1) is 14.5. The van der Waals surface area contributed by atoms with Gasteiger partial charge in [-0.05, 0) is 56.1 Å². The summed E-state index contributed by atoms with van der Waals surface area (Å²) >= 11 is 0. The largest absolute Gasteiger partial charge is 0.395 e. The zero-order valence-electron chi connectivity index (χ0n) is 17.7. The third kappa shape index (κ3) is 4.15. The highest BCUT2D eigenvalue weighted by molar-refractivity contribution is 7.89. The molecule has 0 bridgehead atoms. The average molecular weight is 432 g/mol. The Morgan fingerprint density at radius 2 is 1.87 bits per heavy atom. The Kier molecular flexibility index (Phi) is 6.49. The molecule has 1 aliphatic carbocycles. The van der Waals surface area contributed by atoms with E-state index >= 15 is 0 Å². The van der Waals surface area contributed by atoms with Crippen LogP contribution in [-0.4, -0.2) is 48.9 Å². The van der Waals surface area contributed by atoms with Gasteiger partial charge in [-0.25, -0.2) is 8.42 Å². The third-order valence-corrected chi connectivity index (χ3v) is 9.71. The second-order valence-electron chi connectivity index (χ2n) is 9.02. The Bertz CT molecular complexity index is 884. The fourth-order valence-corrected chi connectivity index (χ4v) is 7.48. The Morgan fingerprint density at radius 3 is 2.50 bits per heavy atom. The topological polar surface area (TPSA) is 66.8 Å². The van der Waals surface area contributed by atoms with Crippen LogP contribution >= 0.6 is 0 Å². The number of ether oxygens (including phenoxy) is 1. The molecular formula is C24H33NO4S. The van der Waals surface area contributed by atoms with Gasteiger partial charge >= 0.3 is 0 Å². The molecule has 164 valence electrons. The Labute approximate surface area is 180 Å². The minimum absolute atomic E-state index is 0.00770. The van der Waals surface area contributed by atoms with Gasteiger partial charge in [-0.1, -0.05) is 48.6 Å². The first-order valence-electron chi connectivity index (χ1n) is 11.1. The summed E-state index contributed by atoms with van der Waals surface area (Å²) in [5, 5.41) is 9.69. The number of rotatable bonds is 5. The lowest BCUT2D eigenvalue weighted by Gasteiger charge is -2.40. The van der Waals surface area contributed by atoms with E-state index in [9.17, 15) is 13.5 Å². The lowest BCUT2D eigenvalue weighted by Crippen LogP contribution is -2.50. The summed E-state index contributed by atoms with van der Waals surface area (Å²) in [6.07, 6.45) is 12.1. The van der Waals surface area contributed by atoms with Gasteiger partial charge in [0.1, 0.15) is 0 Å². The maximum Gasteiger partial charge on any atom is 0.218 e. The zero-order valence-corrected chi connectivity index (χ0v) is 18.6. The van der Waals surface area contributed by atoms with E-state index in [1.165, 1.54) is 0 Å². The van der Waals surface area contributed by atoms with Crippen molar-refractivity contribution in [1.82, 2.24) is 4.31 Å². The number of hydrogen-bond donors (Lipinski definition) is 1. The highest BCUT2D eigenvalue weighted by Gasteiger charge is 2.42. The van der Waals surface area contributed by atoms with Gasteiger partial charge in [0.25, 0.3) is 0 Å². The molecule has 5 nitrogen and oxygen atoms in total. The molecule has 0 amide bonds. The Hall–Kier alpha value is -1.47. The highest BCUT2D eigenvalue weighted by Crippen LogP contribution is 2.37. The van der Waals surface area contributed by atoms with Gasteiger partial charge in [0.05, 0.1) is 11.9 Å². The SMILES string of the molecule is C[C@H]1CC[C@H](C2C=CC=CC2)S(=O)(=O)N1Cc1ccc(C2(CO)CCOCC2)cc1. The quantitative estimate of drug-likeness (QED) is 0.774. The molecule has 1 aromatic carbocycles. The lowest BCUT2D eigenvalue weighted by atomic mass is 9.75. The average Bonchev–Trinajstić information content (AvgIpc) is 2.78. The molecule has 0 aromatic heterocycles. The first-order valence-corrected chi connectivity index (χ1v) is 12.6. The van der Waals surface area contributed by atoms with Crippen LogP contribution < -0.4 is 0 Å². The van der Waals surface area contributed by atoms with Crippen molar-refractivity contribution in [2.75, 3.05) is 19.8 Å². The van der Waals surface area contributed by atoms with E-state index in [1.807, 2.05) is 37.3 Å². The predicted octanol–water partition coefficient (Wildman–Crippen LogP) is 3.54. The molecule has 1 N–H and O–H groups in total. The van der Waals surface area contributed by atoms with Crippen molar-refractivity contribution in [3.8, 4) is 0 Å². The number of nitrogens with zero attached hydrogens (tertiary/aromatic N) is 1. The van der Waals surface area contributed by atoms with Crippen LogP contribution in [0.25, 0.3) is 0 Å². The number of aliphatic hydroxyl groups is 1. The van der Waals surface area contributed by atoms with Crippen LogP contribution in [0.15, 0.2) is 48.6 Å². The van der Waals surface area contributed by atoms with Crippen LogP contribution in [0.1, 0.15) is 50.2 Å². The standard InChI is InChI=1S/C24H33NO4S/c1-19-7-12-23(21-5-3-2-4-6-21)30(27,28)25(19)17-20-8-10-22(11-9-20)24(18-26)13-15-29-16-14-24/h2-5,8-11,19,21,23,26H,6-7,12-18H2,1H3/t19-,21?,23+/m0/s1. The molecule has 2 fully saturated rings. The van der Waals surface area contributed by atoms with E-state index in [0.717, 1.165) is 43.2 Å². The number of sulfonamides is 1. The maximum atomic E-state index is 13.5. The molecule has 30 heavy (non-hydrogen) atoms. The molecule has 2 heterocycles. The lowest BCUT2D eigenvalue weighted by molar-refractivity contribution is 0.0253. The van der Waals surface area contributed by atoms with Crippen LogP contribution in [0.4, 0.5) is 0 Å². The van der Waals surface area contributed by atoms with Crippen molar-refractivity contribution < 1.29 is 18.3 Å². The molecule has 0 spiro atoms. The summed E-state index contributed by atoms with van der Waals surface area (Å²) in [4.78, 5) is 0. The molecule has 1 aromatic rings. The molecule has 0 radical (unpaired) electrons. The first kappa shape index (κ1) is 21.8. The summed E-state index contributed by atoms with van der Waals surface area (Å²) in [5.74, 6) is 0.0651. The summed E-state index contributed by atoms with van der Waals surface area (Å²) in [7, 11) is -3.37. The molecule has 3 atom stereocenters. The molecule has 6 heteroatoms. The van der Waals surface area contributed by atoms with Gasteiger partial charge in [-0.3, -0.25) is 0 Å². The van der Waals surface area contributed by atoms with E-state index in [-0.39, 0.29) is 29.2 Å². The van der Waals surface area contributed by atoms with Gasteiger partial charge in [0, 0.05) is 31.2 Å². The molecule has 0 saturated carbocycles. The van der Waals surface area contributed by atoms with E-state index in [1.54, 1.807) is 4.31 Å². The minimum atomic E-state index is -3.37. The molecule has 3 aliphatic rings. The van der Waals surface area contributed by atoms with Crippen LogP contribution in [0, 0.1) is 5.92 Å². The molecule has 2 saturated heterocycles. The van der Waals surface area contributed by atoms with Crippen molar-refractivity contribution in [3.63, 3.8) is 0 Å². The highest BCUT2D eigenvalue weighted by atomic mass is 32.2. The number of allylic oxidation sites excluding steroid dienone is 4. The summed E-state index contributed by atoms with van der Waals surface area (Å²) in [6.45, 7) is 3.86. The van der Waals surface area contributed by atoms with Gasteiger partial charge in [-0.2, -0.15) is 4.31 Å². The van der Waals surface area contributed by atoms with Crippen molar-refractivity contribution in [2.45, 2.75) is 62.3 Å². The van der Waals surface area contributed by atoms with Crippen LogP contribution in [0.3, 0.4) is 0 Å². The third-order valence-electron chi connectivity index (χ3n) is 7.22. The normalized spacial score (nSPS) is 30.9. The van der Waals surface area contributed by atoms with Gasteiger partial charge in [0.2, 0.25) is 10.0 Å². The van der Waals surface area contributed by atoms with E-state index in [0.29, 0.717) is 19.8 Å². The number of hydrogen-bond acceptors (Lipinski definition) is 4. The number of aliphatic hydroxyl groups excluding tert-OH is 1. The van der Waals surface area contributed by atoms with Gasteiger partial charge in [0.15, 0.2) is 0 Å². The fraction of sp³-hybridized carbons (Fsp3) is 0.583. The van der Waals surface area contributed by atoms with Gasteiger partial charge in [-0.15, -0.1) is 0 Å². The van der Waals surface area contributed by atoms with E-state index in [4.69, 9.17) is 4.74 Å². The summed E-state index contributed by atoms with van der Waals surface area (Å²) < 4.78 is 34.1.